The maximum absolute atomic E-state index is 13.4. The summed E-state index contributed by atoms with van der Waals surface area (Å²) >= 11 is 0. The lowest BCUT2D eigenvalue weighted by molar-refractivity contribution is -0.0670. The number of carbonyl (C=O) groups is 1. The molecule has 17 heavy (non-hydrogen) atoms. The first-order valence-corrected chi connectivity index (χ1v) is 6.27. The van der Waals surface area contributed by atoms with Crippen molar-refractivity contribution in [2.24, 2.45) is 17.8 Å². The van der Waals surface area contributed by atoms with Gasteiger partial charge in [0, 0.05) is 18.8 Å². The van der Waals surface area contributed by atoms with Gasteiger partial charge in [-0.25, -0.2) is 13.6 Å². The van der Waals surface area contributed by atoms with Crippen molar-refractivity contribution in [2.75, 3.05) is 6.54 Å². The molecule has 0 radical (unpaired) electrons. The highest BCUT2D eigenvalue weighted by atomic mass is 19.3. The molecule has 0 aromatic rings. The maximum atomic E-state index is 13.4. The van der Waals surface area contributed by atoms with Gasteiger partial charge in [0.15, 0.2) is 0 Å². The zero-order valence-electron chi connectivity index (χ0n) is 9.84. The van der Waals surface area contributed by atoms with Crippen LogP contribution in [0, 0.1) is 17.8 Å². The van der Waals surface area contributed by atoms with Crippen LogP contribution in [0.1, 0.15) is 32.6 Å². The van der Waals surface area contributed by atoms with E-state index < -0.39 is 17.6 Å². The molecule has 3 fully saturated rings. The number of alkyl carbamates (subject to hydrolysis) is 1. The van der Waals surface area contributed by atoms with Crippen LogP contribution in [-0.4, -0.2) is 24.2 Å². The normalized spacial score (nSPS) is 47.7. The Morgan fingerprint density at radius 1 is 1.41 bits per heavy atom. The van der Waals surface area contributed by atoms with Gasteiger partial charge in [-0.05, 0) is 24.7 Å². The fraction of sp³-hybridized carbons (Fsp3) is 0.917. The van der Waals surface area contributed by atoms with Crippen molar-refractivity contribution in [2.45, 2.75) is 44.1 Å². The number of fused-ring (bicyclic) bond motifs is 1. The molecule has 3 nitrogen and oxygen atoms in total. The smallest absolute Gasteiger partial charge is 0.407 e. The Kier molecular flexibility index (Phi) is 2.20. The largest absolute Gasteiger partial charge is 0.441 e. The number of ether oxygens (including phenoxy) is 1. The Labute approximate surface area is 98.9 Å². The van der Waals surface area contributed by atoms with E-state index in [1.165, 1.54) is 0 Å². The van der Waals surface area contributed by atoms with Gasteiger partial charge in [0.2, 0.25) is 5.92 Å². The second kappa shape index (κ2) is 3.33. The van der Waals surface area contributed by atoms with Crippen LogP contribution < -0.4 is 5.32 Å². The van der Waals surface area contributed by atoms with E-state index in [4.69, 9.17) is 4.74 Å². The van der Waals surface area contributed by atoms with E-state index in [0.29, 0.717) is 19.4 Å². The number of rotatable bonds is 0. The summed E-state index contributed by atoms with van der Waals surface area (Å²) in [7, 11) is 0. The van der Waals surface area contributed by atoms with Crippen molar-refractivity contribution in [3.63, 3.8) is 0 Å². The highest BCUT2D eigenvalue weighted by Crippen LogP contribution is 2.56. The highest BCUT2D eigenvalue weighted by molar-refractivity contribution is 5.70. The van der Waals surface area contributed by atoms with Crippen molar-refractivity contribution < 1.29 is 18.3 Å². The van der Waals surface area contributed by atoms with E-state index >= 15 is 0 Å². The number of halogens is 2. The molecule has 1 N–H and O–H groups in total. The summed E-state index contributed by atoms with van der Waals surface area (Å²) in [5.41, 5.74) is -0.521. The monoisotopic (exact) mass is 245 g/mol. The SMILES string of the molecule is C[C@@H]1C2CCC(F)(F)C[C@@H]2C[C@@]12CNC(=O)O2. The number of hydrogen-bond donors (Lipinski definition) is 1. The number of amides is 1. The van der Waals surface area contributed by atoms with Gasteiger partial charge in [-0.3, -0.25) is 0 Å². The third-order valence-corrected chi connectivity index (χ3v) is 4.92. The lowest BCUT2D eigenvalue weighted by Crippen LogP contribution is -2.37. The molecular formula is C12H17F2NO2. The second-order valence-corrected chi connectivity index (χ2v) is 5.82. The average molecular weight is 245 g/mol. The van der Waals surface area contributed by atoms with Gasteiger partial charge in [0.05, 0.1) is 6.54 Å². The van der Waals surface area contributed by atoms with Crippen LogP contribution in [0.25, 0.3) is 0 Å². The third-order valence-electron chi connectivity index (χ3n) is 4.92. The Hall–Kier alpha value is -0.870. The molecule has 5 heteroatoms. The fourth-order valence-corrected chi connectivity index (χ4v) is 4.00. The van der Waals surface area contributed by atoms with Gasteiger partial charge in [-0.2, -0.15) is 0 Å². The first-order valence-electron chi connectivity index (χ1n) is 6.27. The molecule has 1 heterocycles. The van der Waals surface area contributed by atoms with Crippen molar-refractivity contribution in [3.05, 3.63) is 0 Å². The molecule has 1 unspecified atom stereocenters. The Balaban J connectivity index is 1.82. The molecule has 1 amide bonds. The quantitative estimate of drug-likeness (QED) is 0.712. The number of nitrogens with one attached hydrogen (secondary N) is 1. The first-order chi connectivity index (χ1) is 7.92. The summed E-state index contributed by atoms with van der Waals surface area (Å²) < 4.78 is 32.2. The average Bonchev–Trinajstić information content (AvgIpc) is 2.70. The van der Waals surface area contributed by atoms with Crippen molar-refractivity contribution >= 4 is 6.09 Å². The number of carbonyl (C=O) groups excluding carboxylic acids is 1. The molecule has 0 bridgehead atoms. The molecule has 1 saturated heterocycles. The van der Waals surface area contributed by atoms with E-state index in [0.717, 1.165) is 0 Å². The minimum atomic E-state index is -2.53. The van der Waals surface area contributed by atoms with Crippen molar-refractivity contribution in [1.29, 1.82) is 0 Å². The molecular weight excluding hydrogens is 228 g/mol. The van der Waals surface area contributed by atoms with Crippen LogP contribution in [0.4, 0.5) is 13.6 Å². The zero-order chi connectivity index (χ0) is 12.3. The highest BCUT2D eigenvalue weighted by Gasteiger charge is 2.59. The van der Waals surface area contributed by atoms with Crippen LogP contribution in [0.5, 0.6) is 0 Å². The van der Waals surface area contributed by atoms with E-state index in [2.05, 4.69) is 5.32 Å². The molecule has 96 valence electrons. The zero-order valence-corrected chi connectivity index (χ0v) is 9.84. The van der Waals surface area contributed by atoms with Crippen LogP contribution in [0.2, 0.25) is 0 Å². The Morgan fingerprint density at radius 2 is 2.18 bits per heavy atom. The van der Waals surface area contributed by atoms with Crippen LogP contribution in [0.15, 0.2) is 0 Å². The molecule has 0 aromatic carbocycles. The molecule has 2 aliphatic carbocycles. The minimum Gasteiger partial charge on any atom is -0.441 e. The van der Waals surface area contributed by atoms with E-state index in [1.807, 2.05) is 6.92 Å². The van der Waals surface area contributed by atoms with Gasteiger partial charge in [-0.1, -0.05) is 6.92 Å². The first kappa shape index (κ1) is 11.2. The van der Waals surface area contributed by atoms with E-state index in [-0.39, 0.29) is 30.6 Å². The molecule has 1 aliphatic heterocycles. The maximum Gasteiger partial charge on any atom is 0.407 e. The van der Waals surface area contributed by atoms with Gasteiger partial charge >= 0.3 is 6.09 Å². The Morgan fingerprint density at radius 3 is 2.82 bits per heavy atom. The predicted octanol–water partition coefficient (Wildman–Crippen LogP) is 2.56. The summed E-state index contributed by atoms with van der Waals surface area (Å²) in [6, 6.07) is 0. The molecule has 0 aromatic heterocycles. The van der Waals surface area contributed by atoms with Gasteiger partial charge < -0.3 is 10.1 Å². The molecule has 3 rings (SSSR count). The standard InChI is InChI=1S/C12H17F2NO2/c1-7-9-2-3-12(13,14)5-8(9)4-11(7)6-15-10(16)17-11/h7-9H,2-6H2,1H3,(H,15,16)/t7-,8+,9?,11-/m1/s1. The summed E-state index contributed by atoms with van der Waals surface area (Å²) in [5.74, 6) is -2.06. The van der Waals surface area contributed by atoms with Gasteiger partial charge in [0.1, 0.15) is 5.60 Å². The number of hydrogen-bond acceptors (Lipinski definition) is 2. The van der Waals surface area contributed by atoms with Crippen molar-refractivity contribution in [3.8, 4) is 0 Å². The molecule has 2 saturated carbocycles. The molecule has 4 atom stereocenters. The van der Waals surface area contributed by atoms with Crippen molar-refractivity contribution in [1.82, 2.24) is 5.32 Å². The lowest BCUT2D eigenvalue weighted by Gasteiger charge is -2.33. The summed E-state index contributed by atoms with van der Waals surface area (Å²) in [5, 5.41) is 2.66. The van der Waals surface area contributed by atoms with Crippen LogP contribution in [0.3, 0.4) is 0 Å². The van der Waals surface area contributed by atoms with E-state index in [1.54, 1.807) is 0 Å². The molecule has 1 spiro atoms. The number of alkyl halides is 2. The summed E-state index contributed by atoms with van der Waals surface area (Å²) in [6.07, 6.45) is 0.685. The Bertz CT molecular complexity index is 360. The third kappa shape index (κ3) is 1.62. The second-order valence-electron chi connectivity index (χ2n) is 5.82. The topological polar surface area (TPSA) is 38.3 Å². The fourth-order valence-electron chi connectivity index (χ4n) is 4.00. The van der Waals surface area contributed by atoms with Crippen LogP contribution >= 0.6 is 0 Å². The van der Waals surface area contributed by atoms with Gasteiger partial charge in [-0.15, -0.1) is 0 Å². The minimum absolute atomic E-state index is 0.00134. The summed E-state index contributed by atoms with van der Waals surface area (Å²) in [4.78, 5) is 11.2. The van der Waals surface area contributed by atoms with Crippen LogP contribution in [-0.2, 0) is 4.74 Å². The predicted molar refractivity (Wildman–Crippen MR) is 56.8 cm³/mol. The van der Waals surface area contributed by atoms with Gasteiger partial charge in [0.25, 0.3) is 0 Å². The summed E-state index contributed by atoms with van der Waals surface area (Å²) in [6.45, 7) is 2.51. The lowest BCUT2D eigenvalue weighted by atomic mass is 9.76. The van der Waals surface area contributed by atoms with E-state index in [9.17, 15) is 13.6 Å². The molecule has 3 aliphatic rings.